The maximum absolute atomic E-state index is 13.3. The highest BCUT2D eigenvalue weighted by Crippen LogP contribution is 2.31. The minimum atomic E-state index is -0.457. The molecule has 0 fully saturated rings. The average Bonchev–Trinajstić information content (AvgIpc) is 2.83. The van der Waals surface area contributed by atoms with Crippen LogP contribution in [-0.4, -0.2) is 5.78 Å². The molecule has 0 radical (unpaired) electrons. The smallest absolute Gasteiger partial charge is 0.163 e. The summed E-state index contributed by atoms with van der Waals surface area (Å²) in [5.74, 6) is 0.396. The van der Waals surface area contributed by atoms with Gasteiger partial charge in [0.15, 0.2) is 5.78 Å². The SMILES string of the molecule is O=C1CCc2c(OCc3ccc(Cl)c(F)c3)cccc21. The first kappa shape index (κ1) is 13.1. The van der Waals surface area contributed by atoms with Gasteiger partial charge >= 0.3 is 0 Å². The molecule has 0 aliphatic heterocycles. The summed E-state index contributed by atoms with van der Waals surface area (Å²) >= 11 is 5.64. The van der Waals surface area contributed by atoms with E-state index in [0.29, 0.717) is 24.2 Å². The molecule has 0 N–H and O–H groups in total. The zero-order valence-electron chi connectivity index (χ0n) is 10.7. The van der Waals surface area contributed by atoms with Crippen LogP contribution < -0.4 is 4.74 Å². The summed E-state index contributed by atoms with van der Waals surface area (Å²) in [4.78, 5) is 11.7. The van der Waals surface area contributed by atoms with Gasteiger partial charge in [-0.1, -0.05) is 29.8 Å². The van der Waals surface area contributed by atoms with Gasteiger partial charge in [-0.05, 0) is 30.2 Å². The van der Waals surface area contributed by atoms with E-state index in [2.05, 4.69) is 0 Å². The number of hydrogen-bond donors (Lipinski definition) is 0. The molecule has 102 valence electrons. The Hall–Kier alpha value is -1.87. The lowest BCUT2D eigenvalue weighted by Crippen LogP contribution is -1.99. The van der Waals surface area contributed by atoms with Crippen molar-refractivity contribution in [3.63, 3.8) is 0 Å². The molecule has 0 bridgehead atoms. The van der Waals surface area contributed by atoms with E-state index in [1.54, 1.807) is 12.1 Å². The first-order valence-electron chi connectivity index (χ1n) is 6.37. The zero-order chi connectivity index (χ0) is 14.1. The Morgan fingerprint density at radius 1 is 1.20 bits per heavy atom. The molecule has 0 heterocycles. The van der Waals surface area contributed by atoms with Crippen LogP contribution in [0.2, 0.25) is 5.02 Å². The van der Waals surface area contributed by atoms with E-state index in [0.717, 1.165) is 11.1 Å². The lowest BCUT2D eigenvalue weighted by atomic mass is 10.1. The second kappa shape index (κ2) is 5.25. The van der Waals surface area contributed by atoms with Crippen LogP contribution in [0.3, 0.4) is 0 Å². The van der Waals surface area contributed by atoms with Gasteiger partial charge in [0.1, 0.15) is 18.2 Å². The first-order valence-corrected chi connectivity index (χ1v) is 6.75. The highest BCUT2D eigenvalue weighted by molar-refractivity contribution is 6.30. The summed E-state index contributed by atoms with van der Waals surface area (Å²) in [5.41, 5.74) is 2.39. The van der Waals surface area contributed by atoms with Crippen molar-refractivity contribution in [1.82, 2.24) is 0 Å². The normalized spacial score (nSPS) is 13.4. The van der Waals surface area contributed by atoms with Crippen LogP contribution in [0.25, 0.3) is 0 Å². The highest BCUT2D eigenvalue weighted by atomic mass is 35.5. The molecule has 0 saturated heterocycles. The Kier molecular flexibility index (Phi) is 3.45. The highest BCUT2D eigenvalue weighted by Gasteiger charge is 2.22. The van der Waals surface area contributed by atoms with E-state index in [1.165, 1.54) is 12.1 Å². The molecule has 2 aromatic carbocycles. The van der Waals surface area contributed by atoms with E-state index >= 15 is 0 Å². The fraction of sp³-hybridized carbons (Fsp3) is 0.188. The molecule has 0 saturated carbocycles. The van der Waals surface area contributed by atoms with Crippen molar-refractivity contribution >= 4 is 17.4 Å². The molecule has 0 unspecified atom stereocenters. The summed E-state index contributed by atoms with van der Waals surface area (Å²) in [5, 5.41) is 0.0972. The topological polar surface area (TPSA) is 26.3 Å². The Bertz CT molecular complexity index is 682. The monoisotopic (exact) mass is 290 g/mol. The molecule has 1 aliphatic carbocycles. The molecule has 0 atom stereocenters. The third-order valence-electron chi connectivity index (χ3n) is 3.41. The number of Topliss-reactive ketones (excluding diaryl/α,β-unsaturated/α-hetero) is 1. The summed E-state index contributed by atoms with van der Waals surface area (Å²) in [6.45, 7) is 0.249. The third kappa shape index (κ3) is 2.41. The number of benzene rings is 2. The lowest BCUT2D eigenvalue weighted by molar-refractivity contribution is 0.0994. The summed E-state index contributed by atoms with van der Waals surface area (Å²) in [6, 6.07) is 10.0. The Morgan fingerprint density at radius 3 is 2.85 bits per heavy atom. The Morgan fingerprint density at radius 2 is 2.05 bits per heavy atom. The molecule has 20 heavy (non-hydrogen) atoms. The van der Waals surface area contributed by atoms with Crippen molar-refractivity contribution in [3.05, 3.63) is 63.9 Å². The van der Waals surface area contributed by atoms with Crippen LogP contribution in [0.1, 0.15) is 27.9 Å². The fourth-order valence-corrected chi connectivity index (χ4v) is 2.50. The molecule has 3 rings (SSSR count). The molecule has 0 spiro atoms. The number of ether oxygens (including phenoxy) is 1. The van der Waals surface area contributed by atoms with E-state index in [4.69, 9.17) is 16.3 Å². The van der Waals surface area contributed by atoms with Gasteiger partial charge < -0.3 is 4.74 Å². The van der Waals surface area contributed by atoms with Crippen molar-refractivity contribution in [1.29, 1.82) is 0 Å². The van der Waals surface area contributed by atoms with E-state index in [-0.39, 0.29) is 17.4 Å². The zero-order valence-corrected chi connectivity index (χ0v) is 11.4. The fourth-order valence-electron chi connectivity index (χ4n) is 2.38. The van der Waals surface area contributed by atoms with Gasteiger partial charge in [-0.15, -0.1) is 0 Å². The molecule has 0 amide bonds. The van der Waals surface area contributed by atoms with Crippen LogP contribution >= 0.6 is 11.6 Å². The predicted octanol–water partition coefficient (Wildman–Crippen LogP) is 4.19. The number of hydrogen-bond acceptors (Lipinski definition) is 2. The van der Waals surface area contributed by atoms with Crippen LogP contribution in [0.15, 0.2) is 36.4 Å². The molecule has 4 heteroatoms. The van der Waals surface area contributed by atoms with Crippen LogP contribution in [0.4, 0.5) is 4.39 Å². The quantitative estimate of drug-likeness (QED) is 0.847. The van der Waals surface area contributed by atoms with Gasteiger partial charge in [0.25, 0.3) is 0 Å². The van der Waals surface area contributed by atoms with E-state index in [1.807, 2.05) is 12.1 Å². The largest absolute Gasteiger partial charge is 0.489 e. The van der Waals surface area contributed by atoms with Crippen molar-refractivity contribution in [2.24, 2.45) is 0 Å². The van der Waals surface area contributed by atoms with E-state index in [9.17, 15) is 9.18 Å². The second-order valence-electron chi connectivity index (χ2n) is 4.74. The standard InChI is InChI=1S/C16H12ClFO2/c17-13-6-4-10(8-14(13)18)9-20-16-3-1-2-11-12(16)5-7-15(11)19/h1-4,6,8H,5,7,9H2. The van der Waals surface area contributed by atoms with Crippen molar-refractivity contribution in [2.45, 2.75) is 19.4 Å². The maximum atomic E-state index is 13.3. The minimum Gasteiger partial charge on any atom is -0.489 e. The summed E-state index contributed by atoms with van der Waals surface area (Å²) in [6.07, 6.45) is 1.24. The molecule has 1 aliphatic rings. The minimum absolute atomic E-state index is 0.0972. The molecule has 2 nitrogen and oxygen atoms in total. The Balaban J connectivity index is 1.79. The average molecular weight is 291 g/mol. The number of halogens is 2. The van der Waals surface area contributed by atoms with Crippen molar-refractivity contribution < 1.29 is 13.9 Å². The molecule has 0 aromatic heterocycles. The predicted molar refractivity (Wildman–Crippen MR) is 74.8 cm³/mol. The maximum Gasteiger partial charge on any atom is 0.163 e. The summed E-state index contributed by atoms with van der Waals surface area (Å²) < 4.78 is 19.1. The number of carbonyl (C=O) groups is 1. The van der Waals surface area contributed by atoms with Gasteiger partial charge in [-0.25, -0.2) is 4.39 Å². The number of ketones is 1. The number of carbonyl (C=O) groups excluding carboxylic acids is 1. The first-order chi connectivity index (χ1) is 9.65. The molecular weight excluding hydrogens is 279 g/mol. The van der Waals surface area contributed by atoms with Gasteiger partial charge in [0.2, 0.25) is 0 Å². The van der Waals surface area contributed by atoms with Crippen LogP contribution in [0.5, 0.6) is 5.75 Å². The molecule has 2 aromatic rings. The van der Waals surface area contributed by atoms with Gasteiger partial charge in [0.05, 0.1) is 5.02 Å². The van der Waals surface area contributed by atoms with Gasteiger partial charge in [-0.3, -0.25) is 4.79 Å². The van der Waals surface area contributed by atoms with Gasteiger partial charge in [-0.2, -0.15) is 0 Å². The number of rotatable bonds is 3. The molecular formula is C16H12ClFO2. The van der Waals surface area contributed by atoms with Gasteiger partial charge in [0, 0.05) is 17.5 Å². The van der Waals surface area contributed by atoms with Crippen molar-refractivity contribution in [2.75, 3.05) is 0 Å². The van der Waals surface area contributed by atoms with Crippen LogP contribution in [0, 0.1) is 5.82 Å². The van der Waals surface area contributed by atoms with Crippen molar-refractivity contribution in [3.8, 4) is 5.75 Å². The Labute approximate surface area is 121 Å². The second-order valence-corrected chi connectivity index (χ2v) is 5.15. The third-order valence-corrected chi connectivity index (χ3v) is 3.72. The number of fused-ring (bicyclic) bond motifs is 1. The lowest BCUT2D eigenvalue weighted by Gasteiger charge is -2.10. The summed E-state index contributed by atoms with van der Waals surface area (Å²) in [7, 11) is 0. The van der Waals surface area contributed by atoms with E-state index < -0.39 is 5.82 Å². The van der Waals surface area contributed by atoms with Crippen LogP contribution in [-0.2, 0) is 13.0 Å².